The molecule has 116 valence electrons. The second kappa shape index (κ2) is 5.76. The number of carbonyl (C=O) groups is 1. The van der Waals surface area contributed by atoms with Crippen LogP contribution in [-0.4, -0.2) is 32.1 Å². The molecular weight excluding hydrogens is 307 g/mol. The van der Waals surface area contributed by atoms with E-state index in [1.54, 1.807) is 0 Å². The lowest BCUT2D eigenvalue weighted by Crippen LogP contribution is -2.39. The number of piperidine rings is 1. The molecule has 8 heteroatoms. The van der Waals surface area contributed by atoms with E-state index >= 15 is 0 Å². The van der Waals surface area contributed by atoms with Gasteiger partial charge < -0.3 is 4.79 Å². The summed E-state index contributed by atoms with van der Waals surface area (Å²) < 4.78 is 64.6. The van der Waals surface area contributed by atoms with Crippen molar-refractivity contribution in [1.82, 2.24) is 4.31 Å². The predicted molar refractivity (Wildman–Crippen MR) is 69.0 cm³/mol. The monoisotopic (exact) mass is 321 g/mol. The van der Waals surface area contributed by atoms with Gasteiger partial charge in [-0.05, 0) is 25.0 Å². The van der Waals surface area contributed by atoms with Crippen molar-refractivity contribution in [2.75, 3.05) is 13.1 Å². The van der Waals surface area contributed by atoms with Crippen molar-refractivity contribution in [3.05, 3.63) is 29.8 Å². The van der Waals surface area contributed by atoms with Gasteiger partial charge >= 0.3 is 6.18 Å². The van der Waals surface area contributed by atoms with Crippen LogP contribution in [0.5, 0.6) is 0 Å². The third-order valence-electron chi connectivity index (χ3n) is 3.50. The minimum Gasteiger partial charge on any atom is -0.303 e. The molecule has 21 heavy (non-hydrogen) atoms. The minimum absolute atomic E-state index is 0.0535. The van der Waals surface area contributed by atoms with Gasteiger partial charge in [0.15, 0.2) is 0 Å². The summed E-state index contributed by atoms with van der Waals surface area (Å²) in [7, 11) is -4.21. The molecule has 0 spiro atoms. The summed E-state index contributed by atoms with van der Waals surface area (Å²) in [5.41, 5.74) is -1.16. The van der Waals surface area contributed by atoms with Gasteiger partial charge in [-0.3, -0.25) is 0 Å². The van der Waals surface area contributed by atoms with Crippen molar-refractivity contribution in [3.63, 3.8) is 0 Å². The van der Waals surface area contributed by atoms with E-state index in [4.69, 9.17) is 0 Å². The van der Waals surface area contributed by atoms with Gasteiger partial charge in [0.25, 0.3) is 0 Å². The van der Waals surface area contributed by atoms with E-state index in [1.807, 2.05) is 0 Å². The number of halogens is 3. The molecule has 1 saturated heterocycles. The molecule has 4 nitrogen and oxygen atoms in total. The number of benzene rings is 1. The number of nitrogens with zero attached hydrogens (tertiary/aromatic N) is 1. The van der Waals surface area contributed by atoms with Crippen LogP contribution in [0.4, 0.5) is 13.2 Å². The highest BCUT2D eigenvalue weighted by Crippen LogP contribution is 2.35. The fourth-order valence-electron chi connectivity index (χ4n) is 2.32. The lowest BCUT2D eigenvalue weighted by Gasteiger charge is -2.29. The number of hydrogen-bond acceptors (Lipinski definition) is 3. The Morgan fingerprint density at radius 3 is 2.24 bits per heavy atom. The van der Waals surface area contributed by atoms with Crippen molar-refractivity contribution in [1.29, 1.82) is 0 Å². The topological polar surface area (TPSA) is 54.5 Å². The van der Waals surface area contributed by atoms with Crippen LogP contribution in [0.2, 0.25) is 0 Å². The van der Waals surface area contributed by atoms with Crippen molar-refractivity contribution in [2.45, 2.75) is 23.9 Å². The molecule has 0 saturated carbocycles. The number of carbonyl (C=O) groups excluding carboxylic acids is 1. The Morgan fingerprint density at radius 1 is 1.14 bits per heavy atom. The van der Waals surface area contributed by atoms with Crippen LogP contribution in [0.3, 0.4) is 0 Å². The first kappa shape index (κ1) is 16.0. The zero-order valence-corrected chi connectivity index (χ0v) is 11.8. The van der Waals surface area contributed by atoms with Crippen molar-refractivity contribution in [3.8, 4) is 0 Å². The second-order valence-corrected chi connectivity index (χ2v) is 6.78. The maximum atomic E-state index is 12.9. The lowest BCUT2D eigenvalue weighted by atomic mass is 10.0. The maximum Gasteiger partial charge on any atom is 0.417 e. The van der Waals surface area contributed by atoms with Gasteiger partial charge in [-0.25, -0.2) is 8.42 Å². The number of rotatable bonds is 3. The molecule has 1 aromatic carbocycles. The molecule has 0 aliphatic carbocycles. The SMILES string of the molecule is O=CC1CCN(S(=O)(=O)c2ccccc2C(F)(F)F)CC1. The minimum atomic E-state index is -4.73. The van der Waals surface area contributed by atoms with Crippen LogP contribution in [-0.2, 0) is 21.0 Å². The molecule has 0 amide bonds. The summed E-state index contributed by atoms with van der Waals surface area (Å²) in [6.07, 6.45) is -3.31. The summed E-state index contributed by atoms with van der Waals surface area (Å²) in [6, 6.07) is 4.13. The van der Waals surface area contributed by atoms with Crippen LogP contribution in [0, 0.1) is 5.92 Å². The fourth-order valence-corrected chi connectivity index (χ4v) is 4.00. The number of sulfonamides is 1. The van der Waals surface area contributed by atoms with Gasteiger partial charge in [0.05, 0.1) is 10.5 Å². The van der Waals surface area contributed by atoms with Crippen LogP contribution < -0.4 is 0 Å². The largest absolute Gasteiger partial charge is 0.417 e. The Labute approximate surface area is 120 Å². The van der Waals surface area contributed by atoms with Gasteiger partial charge in [-0.15, -0.1) is 0 Å². The van der Waals surface area contributed by atoms with Crippen molar-refractivity contribution >= 4 is 16.3 Å². The summed E-state index contributed by atoms with van der Waals surface area (Å²) in [6.45, 7) is 0.107. The molecule has 2 rings (SSSR count). The number of alkyl halides is 3. The number of aldehydes is 1. The van der Waals surface area contributed by atoms with Gasteiger partial charge in [-0.1, -0.05) is 12.1 Å². The van der Waals surface area contributed by atoms with E-state index in [-0.39, 0.29) is 19.0 Å². The first-order chi connectivity index (χ1) is 9.76. The Morgan fingerprint density at radius 2 is 1.71 bits per heavy atom. The van der Waals surface area contributed by atoms with E-state index in [9.17, 15) is 26.4 Å². The Balaban J connectivity index is 2.35. The van der Waals surface area contributed by atoms with Gasteiger partial charge in [0, 0.05) is 19.0 Å². The average Bonchev–Trinajstić information content (AvgIpc) is 2.46. The van der Waals surface area contributed by atoms with E-state index in [2.05, 4.69) is 0 Å². The van der Waals surface area contributed by atoms with Crippen LogP contribution in [0.15, 0.2) is 29.2 Å². The van der Waals surface area contributed by atoms with Gasteiger partial charge in [0.2, 0.25) is 10.0 Å². The number of hydrogen-bond donors (Lipinski definition) is 0. The summed E-state index contributed by atoms with van der Waals surface area (Å²) in [4.78, 5) is 9.92. The van der Waals surface area contributed by atoms with Crippen LogP contribution in [0.1, 0.15) is 18.4 Å². The van der Waals surface area contributed by atoms with E-state index in [0.717, 1.165) is 28.8 Å². The molecule has 0 aromatic heterocycles. The zero-order valence-electron chi connectivity index (χ0n) is 11.0. The molecule has 1 heterocycles. The molecule has 0 radical (unpaired) electrons. The van der Waals surface area contributed by atoms with Crippen molar-refractivity contribution < 1.29 is 26.4 Å². The highest BCUT2D eigenvalue weighted by Gasteiger charge is 2.39. The van der Waals surface area contributed by atoms with Gasteiger partial charge in [0.1, 0.15) is 6.29 Å². The zero-order chi connectivity index (χ0) is 15.7. The van der Waals surface area contributed by atoms with Crippen LogP contribution in [0.25, 0.3) is 0 Å². The smallest absolute Gasteiger partial charge is 0.303 e. The fraction of sp³-hybridized carbons (Fsp3) is 0.462. The summed E-state index contributed by atoms with van der Waals surface area (Å²) in [5, 5.41) is 0. The van der Waals surface area contributed by atoms with Gasteiger partial charge in [-0.2, -0.15) is 17.5 Å². The maximum absolute atomic E-state index is 12.9. The standard InChI is InChI=1S/C13H14F3NO3S/c14-13(15,16)11-3-1-2-4-12(11)21(19,20)17-7-5-10(9-18)6-8-17/h1-4,9-10H,5-8H2. The van der Waals surface area contributed by atoms with Crippen LogP contribution >= 0.6 is 0 Å². The molecule has 1 aliphatic heterocycles. The molecule has 1 aliphatic rings. The van der Waals surface area contributed by atoms with Crippen molar-refractivity contribution in [2.24, 2.45) is 5.92 Å². The molecular formula is C13H14F3NO3S. The Kier molecular flexibility index (Phi) is 4.38. The molecule has 0 unspecified atom stereocenters. The summed E-state index contributed by atoms with van der Waals surface area (Å²) in [5.74, 6) is -0.227. The Hall–Kier alpha value is -1.41. The molecule has 0 bridgehead atoms. The third kappa shape index (κ3) is 3.26. The first-order valence-corrected chi connectivity index (χ1v) is 7.82. The average molecular weight is 321 g/mol. The molecule has 1 aromatic rings. The van der Waals surface area contributed by atoms with E-state index in [1.165, 1.54) is 6.07 Å². The second-order valence-electron chi connectivity index (χ2n) is 4.87. The van der Waals surface area contributed by atoms with E-state index < -0.39 is 26.7 Å². The predicted octanol–water partition coefficient (Wildman–Crippen LogP) is 2.31. The highest BCUT2D eigenvalue weighted by atomic mass is 32.2. The van der Waals surface area contributed by atoms with E-state index in [0.29, 0.717) is 12.8 Å². The lowest BCUT2D eigenvalue weighted by molar-refractivity contribution is -0.139. The molecule has 1 fully saturated rings. The quantitative estimate of drug-likeness (QED) is 0.803. The normalized spacial score (nSPS) is 18.6. The first-order valence-electron chi connectivity index (χ1n) is 6.38. The summed E-state index contributed by atoms with van der Waals surface area (Å²) >= 11 is 0. The highest BCUT2D eigenvalue weighted by molar-refractivity contribution is 7.89. The third-order valence-corrected chi connectivity index (χ3v) is 5.46. The molecule has 0 N–H and O–H groups in total. The molecule has 0 atom stereocenters. The Bertz CT molecular complexity index is 620.